The van der Waals surface area contributed by atoms with E-state index in [4.69, 9.17) is 0 Å². The van der Waals surface area contributed by atoms with Crippen molar-refractivity contribution in [2.45, 2.75) is 32.1 Å². The molecule has 0 spiro atoms. The summed E-state index contributed by atoms with van der Waals surface area (Å²) in [7, 11) is -0.885. The summed E-state index contributed by atoms with van der Waals surface area (Å²) in [6.45, 7) is 6.68. The number of carbonyl (C=O) groups is 1. The number of rotatable bonds is 6. The van der Waals surface area contributed by atoms with E-state index in [-0.39, 0.29) is 21.6 Å². The first-order chi connectivity index (χ1) is 9.97. The molecular formula is C15H24N2O4S. The average Bonchev–Trinajstić information content (AvgIpc) is 2.36. The maximum absolute atomic E-state index is 12.4. The van der Waals surface area contributed by atoms with E-state index in [1.165, 1.54) is 32.3 Å². The smallest absolute Gasteiger partial charge is 0.337 e. The molecule has 1 aromatic carbocycles. The highest BCUT2D eigenvalue weighted by molar-refractivity contribution is 7.89. The molecule has 1 aromatic rings. The van der Waals surface area contributed by atoms with E-state index in [1.807, 2.05) is 0 Å². The van der Waals surface area contributed by atoms with Crippen molar-refractivity contribution in [1.82, 2.24) is 4.31 Å². The van der Waals surface area contributed by atoms with Crippen molar-refractivity contribution in [2.75, 3.05) is 26.0 Å². The van der Waals surface area contributed by atoms with Crippen LogP contribution in [0.5, 0.6) is 0 Å². The molecule has 0 unspecified atom stereocenters. The van der Waals surface area contributed by atoms with Crippen LogP contribution in [0.2, 0.25) is 0 Å². The second-order valence-corrected chi connectivity index (χ2v) is 8.63. The molecule has 124 valence electrons. The van der Waals surface area contributed by atoms with Gasteiger partial charge in [-0.15, -0.1) is 0 Å². The second-order valence-electron chi connectivity index (χ2n) is 6.51. The standard InChI is InChI=1S/C15H24N2O4S/c1-15(2,3)9-10-16-13-11(14(18)19)7-6-8-12(13)22(20,21)17(4)5/h6-8,16H,9-10H2,1-5H3,(H,18,19). The summed E-state index contributed by atoms with van der Waals surface area (Å²) in [5, 5.41) is 12.3. The minimum absolute atomic E-state index is 0.0219. The number of hydrogen-bond donors (Lipinski definition) is 2. The number of aromatic carboxylic acids is 1. The first kappa shape index (κ1) is 18.4. The van der Waals surface area contributed by atoms with E-state index in [9.17, 15) is 18.3 Å². The number of carboxylic acid groups (broad SMARTS) is 1. The Kier molecular flexibility index (Phi) is 5.59. The fourth-order valence-corrected chi connectivity index (χ4v) is 2.95. The zero-order chi connectivity index (χ0) is 17.1. The highest BCUT2D eigenvalue weighted by Crippen LogP contribution is 2.28. The first-order valence-electron chi connectivity index (χ1n) is 6.99. The molecule has 0 aliphatic heterocycles. The van der Waals surface area contributed by atoms with Crippen LogP contribution in [-0.2, 0) is 10.0 Å². The predicted molar refractivity (Wildman–Crippen MR) is 86.8 cm³/mol. The number of nitrogens with zero attached hydrogens (tertiary/aromatic N) is 1. The molecule has 1 rings (SSSR count). The van der Waals surface area contributed by atoms with Crippen LogP contribution in [0.1, 0.15) is 37.6 Å². The molecule has 0 saturated heterocycles. The van der Waals surface area contributed by atoms with Crippen molar-refractivity contribution in [3.05, 3.63) is 23.8 Å². The first-order valence-corrected chi connectivity index (χ1v) is 8.43. The zero-order valence-corrected chi connectivity index (χ0v) is 14.5. The third-order valence-corrected chi connectivity index (χ3v) is 5.05. The van der Waals surface area contributed by atoms with Crippen molar-refractivity contribution in [1.29, 1.82) is 0 Å². The highest BCUT2D eigenvalue weighted by atomic mass is 32.2. The van der Waals surface area contributed by atoms with Gasteiger partial charge in [-0.3, -0.25) is 0 Å². The van der Waals surface area contributed by atoms with Gasteiger partial charge in [-0.2, -0.15) is 0 Å². The lowest BCUT2D eigenvalue weighted by Gasteiger charge is -2.21. The number of hydrogen-bond acceptors (Lipinski definition) is 4. The largest absolute Gasteiger partial charge is 0.478 e. The lowest BCUT2D eigenvalue weighted by atomic mass is 9.92. The van der Waals surface area contributed by atoms with E-state index < -0.39 is 16.0 Å². The van der Waals surface area contributed by atoms with Crippen LogP contribution in [0.15, 0.2) is 23.1 Å². The molecule has 0 aliphatic carbocycles. The normalized spacial score (nSPS) is 12.5. The van der Waals surface area contributed by atoms with E-state index in [1.54, 1.807) is 0 Å². The SMILES string of the molecule is CN(C)S(=O)(=O)c1cccc(C(=O)O)c1NCCC(C)(C)C. The van der Waals surface area contributed by atoms with Gasteiger partial charge in [0.1, 0.15) is 4.90 Å². The third-order valence-electron chi connectivity index (χ3n) is 3.19. The molecule has 0 heterocycles. The number of carboxylic acids is 1. The van der Waals surface area contributed by atoms with Crippen LogP contribution in [-0.4, -0.2) is 44.4 Å². The molecule has 0 bridgehead atoms. The minimum Gasteiger partial charge on any atom is -0.478 e. The molecule has 0 saturated carbocycles. The van der Waals surface area contributed by atoms with Gasteiger partial charge in [0.2, 0.25) is 10.0 Å². The Morgan fingerprint density at radius 3 is 2.32 bits per heavy atom. The number of para-hydroxylation sites is 1. The molecule has 0 aliphatic rings. The molecule has 7 heteroatoms. The third kappa shape index (κ3) is 4.45. The quantitative estimate of drug-likeness (QED) is 0.838. The molecule has 0 aromatic heterocycles. The number of benzene rings is 1. The summed E-state index contributed by atoms with van der Waals surface area (Å²) in [5.74, 6) is -1.16. The van der Waals surface area contributed by atoms with Gasteiger partial charge in [0.25, 0.3) is 0 Å². The monoisotopic (exact) mass is 328 g/mol. The van der Waals surface area contributed by atoms with E-state index in [0.29, 0.717) is 6.54 Å². The number of anilines is 1. The van der Waals surface area contributed by atoms with Crippen LogP contribution in [0, 0.1) is 5.41 Å². The molecule has 0 fully saturated rings. The van der Waals surface area contributed by atoms with Crippen LogP contribution in [0.3, 0.4) is 0 Å². The Morgan fingerprint density at radius 2 is 1.86 bits per heavy atom. The van der Waals surface area contributed by atoms with Gasteiger partial charge in [-0.25, -0.2) is 17.5 Å². The van der Waals surface area contributed by atoms with Gasteiger partial charge < -0.3 is 10.4 Å². The Bertz CT molecular complexity index is 646. The Labute approximate surface area is 132 Å². The molecule has 22 heavy (non-hydrogen) atoms. The molecule has 2 N–H and O–H groups in total. The summed E-state index contributed by atoms with van der Waals surface area (Å²) < 4.78 is 25.8. The maximum atomic E-state index is 12.4. The van der Waals surface area contributed by atoms with Gasteiger partial charge in [-0.05, 0) is 24.0 Å². The van der Waals surface area contributed by atoms with Crippen LogP contribution in [0.4, 0.5) is 5.69 Å². The fourth-order valence-electron chi connectivity index (χ4n) is 1.87. The minimum atomic E-state index is -3.72. The molecular weight excluding hydrogens is 304 g/mol. The van der Waals surface area contributed by atoms with Gasteiger partial charge >= 0.3 is 5.97 Å². The second kappa shape index (κ2) is 6.66. The lowest BCUT2D eigenvalue weighted by molar-refractivity contribution is 0.0697. The van der Waals surface area contributed by atoms with Crippen LogP contribution in [0.25, 0.3) is 0 Å². The van der Waals surface area contributed by atoms with Gasteiger partial charge in [0.05, 0.1) is 11.3 Å². The summed E-state index contributed by atoms with van der Waals surface area (Å²) in [6.07, 6.45) is 0.780. The van der Waals surface area contributed by atoms with Crippen molar-refractivity contribution in [3.63, 3.8) is 0 Å². The number of sulfonamides is 1. The lowest BCUT2D eigenvalue weighted by Crippen LogP contribution is -2.25. The van der Waals surface area contributed by atoms with Crippen LogP contribution >= 0.6 is 0 Å². The van der Waals surface area contributed by atoms with Crippen molar-refractivity contribution in [3.8, 4) is 0 Å². The van der Waals surface area contributed by atoms with E-state index >= 15 is 0 Å². The molecule has 0 radical (unpaired) electrons. The van der Waals surface area contributed by atoms with Crippen molar-refractivity contribution < 1.29 is 18.3 Å². The summed E-state index contributed by atoms with van der Waals surface area (Å²) >= 11 is 0. The summed E-state index contributed by atoms with van der Waals surface area (Å²) in [5.41, 5.74) is 0.163. The van der Waals surface area contributed by atoms with Gasteiger partial charge in [0.15, 0.2) is 0 Å². The zero-order valence-electron chi connectivity index (χ0n) is 13.7. The Balaban J connectivity index is 3.29. The maximum Gasteiger partial charge on any atom is 0.337 e. The molecule has 0 atom stereocenters. The Morgan fingerprint density at radius 1 is 1.27 bits per heavy atom. The molecule has 0 amide bonds. The fraction of sp³-hybridized carbons (Fsp3) is 0.533. The Hall–Kier alpha value is -1.60. The van der Waals surface area contributed by atoms with E-state index in [0.717, 1.165) is 10.7 Å². The van der Waals surface area contributed by atoms with Crippen molar-refractivity contribution >= 4 is 21.7 Å². The van der Waals surface area contributed by atoms with Gasteiger partial charge in [0, 0.05) is 20.6 Å². The van der Waals surface area contributed by atoms with Gasteiger partial charge in [-0.1, -0.05) is 26.8 Å². The highest BCUT2D eigenvalue weighted by Gasteiger charge is 2.25. The van der Waals surface area contributed by atoms with Crippen molar-refractivity contribution in [2.24, 2.45) is 5.41 Å². The number of nitrogens with one attached hydrogen (secondary N) is 1. The predicted octanol–water partition coefficient (Wildman–Crippen LogP) is 2.48. The average molecular weight is 328 g/mol. The summed E-state index contributed by atoms with van der Waals surface area (Å²) in [6, 6.07) is 4.26. The topological polar surface area (TPSA) is 86.7 Å². The van der Waals surface area contributed by atoms with Crippen LogP contribution < -0.4 is 5.32 Å². The van der Waals surface area contributed by atoms with E-state index in [2.05, 4.69) is 26.1 Å². The summed E-state index contributed by atoms with van der Waals surface area (Å²) in [4.78, 5) is 11.4. The molecule has 6 nitrogen and oxygen atoms in total.